The van der Waals surface area contributed by atoms with Crippen LogP contribution in [0.3, 0.4) is 0 Å². The average molecular weight is 143 g/mol. The first kappa shape index (κ1) is 8.02. The van der Waals surface area contributed by atoms with Gasteiger partial charge in [-0.3, -0.25) is 0 Å². The van der Waals surface area contributed by atoms with Crippen LogP contribution < -0.4 is 5.73 Å². The van der Waals surface area contributed by atoms with Crippen molar-refractivity contribution in [2.45, 2.75) is 44.8 Å². The van der Waals surface area contributed by atoms with Crippen LogP contribution in [0, 0.1) is 5.92 Å². The lowest BCUT2D eigenvalue weighted by molar-refractivity contribution is 0.103. The molecule has 0 aliphatic heterocycles. The van der Waals surface area contributed by atoms with Crippen LogP contribution in [0.5, 0.6) is 0 Å². The monoisotopic (exact) mass is 143 g/mol. The summed E-state index contributed by atoms with van der Waals surface area (Å²) in [5.41, 5.74) is 5.73. The van der Waals surface area contributed by atoms with Gasteiger partial charge in [0.2, 0.25) is 0 Å². The zero-order valence-electron chi connectivity index (χ0n) is 6.59. The second-order valence-electron chi connectivity index (χ2n) is 3.43. The van der Waals surface area contributed by atoms with Crippen molar-refractivity contribution >= 4 is 0 Å². The Morgan fingerprint density at radius 1 is 1.30 bits per heavy atom. The van der Waals surface area contributed by atoms with Crippen LogP contribution in [0.4, 0.5) is 0 Å². The molecular formula is C8H17NO. The molecule has 0 unspecified atom stereocenters. The zero-order valence-corrected chi connectivity index (χ0v) is 6.59. The van der Waals surface area contributed by atoms with Gasteiger partial charge in [-0.2, -0.15) is 0 Å². The lowest BCUT2D eigenvalue weighted by Gasteiger charge is -2.27. The van der Waals surface area contributed by atoms with Gasteiger partial charge in [-0.25, -0.2) is 0 Å². The van der Waals surface area contributed by atoms with E-state index < -0.39 is 0 Å². The van der Waals surface area contributed by atoms with Gasteiger partial charge in [0.25, 0.3) is 0 Å². The van der Waals surface area contributed by atoms with Crippen LogP contribution in [-0.4, -0.2) is 17.3 Å². The molecule has 0 aromatic heterocycles. The first-order chi connectivity index (χ1) is 4.70. The van der Waals surface area contributed by atoms with E-state index in [1.165, 1.54) is 0 Å². The molecule has 1 fully saturated rings. The van der Waals surface area contributed by atoms with E-state index in [1.54, 1.807) is 0 Å². The Labute approximate surface area is 62.4 Å². The topological polar surface area (TPSA) is 46.2 Å². The van der Waals surface area contributed by atoms with Crippen molar-refractivity contribution in [2.24, 2.45) is 11.7 Å². The van der Waals surface area contributed by atoms with E-state index in [0.29, 0.717) is 12.0 Å². The summed E-state index contributed by atoms with van der Waals surface area (Å²) < 4.78 is 0. The van der Waals surface area contributed by atoms with Gasteiger partial charge in [0.15, 0.2) is 0 Å². The van der Waals surface area contributed by atoms with Gasteiger partial charge in [0, 0.05) is 6.04 Å². The van der Waals surface area contributed by atoms with E-state index in [1.807, 2.05) is 0 Å². The second kappa shape index (κ2) is 3.35. The fourth-order valence-electron chi connectivity index (χ4n) is 1.63. The summed E-state index contributed by atoms with van der Waals surface area (Å²) in [4.78, 5) is 0. The van der Waals surface area contributed by atoms with E-state index in [-0.39, 0.29) is 6.10 Å². The molecule has 0 saturated heterocycles. The summed E-state index contributed by atoms with van der Waals surface area (Å²) in [6.45, 7) is 2.06. The summed E-state index contributed by atoms with van der Waals surface area (Å²) in [7, 11) is 0. The van der Waals surface area contributed by atoms with Gasteiger partial charge in [0.1, 0.15) is 0 Å². The Kier molecular flexibility index (Phi) is 2.69. The van der Waals surface area contributed by atoms with Crippen molar-refractivity contribution in [1.82, 2.24) is 0 Å². The van der Waals surface area contributed by atoms with E-state index >= 15 is 0 Å². The summed E-state index contributed by atoms with van der Waals surface area (Å²) in [6.07, 6.45) is 4.07. The molecule has 0 amide bonds. The summed E-state index contributed by atoms with van der Waals surface area (Å²) in [5.74, 6) is 0.656. The summed E-state index contributed by atoms with van der Waals surface area (Å²) in [5, 5.41) is 9.17. The summed E-state index contributed by atoms with van der Waals surface area (Å²) >= 11 is 0. The molecule has 2 nitrogen and oxygen atoms in total. The minimum absolute atomic E-state index is 0.0463. The van der Waals surface area contributed by atoms with Gasteiger partial charge in [-0.05, 0) is 38.5 Å². The molecule has 0 radical (unpaired) electrons. The van der Waals surface area contributed by atoms with Gasteiger partial charge < -0.3 is 10.8 Å². The van der Waals surface area contributed by atoms with Gasteiger partial charge in [-0.1, -0.05) is 0 Å². The Bertz CT molecular complexity index is 95.4. The molecule has 1 aliphatic rings. The third kappa shape index (κ3) is 1.96. The van der Waals surface area contributed by atoms with Crippen LogP contribution in [0.1, 0.15) is 32.6 Å². The number of aliphatic hydroxyl groups excluding tert-OH is 1. The maximum atomic E-state index is 9.17. The second-order valence-corrected chi connectivity index (χ2v) is 3.43. The van der Waals surface area contributed by atoms with Crippen LogP contribution in [0.25, 0.3) is 0 Å². The average Bonchev–Trinajstić information content (AvgIpc) is 1.88. The van der Waals surface area contributed by atoms with Crippen molar-refractivity contribution in [2.75, 3.05) is 0 Å². The highest BCUT2D eigenvalue weighted by atomic mass is 16.3. The largest absolute Gasteiger partial charge is 0.393 e. The molecular weight excluding hydrogens is 126 g/mol. The molecule has 10 heavy (non-hydrogen) atoms. The third-order valence-electron chi connectivity index (χ3n) is 2.48. The first-order valence-electron chi connectivity index (χ1n) is 4.14. The highest BCUT2D eigenvalue weighted by Crippen LogP contribution is 2.25. The third-order valence-corrected chi connectivity index (χ3v) is 2.48. The fourth-order valence-corrected chi connectivity index (χ4v) is 1.63. The number of aliphatic hydroxyl groups is 1. The van der Waals surface area contributed by atoms with Crippen molar-refractivity contribution < 1.29 is 5.11 Å². The summed E-state index contributed by atoms with van der Waals surface area (Å²) in [6, 6.07) is 0.312. The Hall–Kier alpha value is -0.0800. The standard InChI is InChI=1S/C8H17NO/c1-6(9)7-2-4-8(10)5-3-7/h6-8,10H,2-5,9H2,1H3/t6-,7?,8?/m1/s1. The number of nitrogens with two attached hydrogens (primary N) is 1. The van der Waals surface area contributed by atoms with E-state index in [0.717, 1.165) is 25.7 Å². The van der Waals surface area contributed by atoms with Crippen molar-refractivity contribution in [1.29, 1.82) is 0 Å². The molecule has 60 valence electrons. The first-order valence-corrected chi connectivity index (χ1v) is 4.14. The molecule has 1 aliphatic carbocycles. The molecule has 0 aromatic carbocycles. The van der Waals surface area contributed by atoms with Crippen molar-refractivity contribution in [3.05, 3.63) is 0 Å². The smallest absolute Gasteiger partial charge is 0.0540 e. The van der Waals surface area contributed by atoms with Crippen LogP contribution in [-0.2, 0) is 0 Å². The predicted octanol–water partition coefficient (Wildman–Crippen LogP) is 0.885. The Balaban J connectivity index is 2.26. The quantitative estimate of drug-likeness (QED) is 0.572. The lowest BCUT2D eigenvalue weighted by Crippen LogP contribution is -2.31. The normalized spacial score (nSPS) is 37.5. The van der Waals surface area contributed by atoms with Crippen LogP contribution >= 0.6 is 0 Å². The highest BCUT2D eigenvalue weighted by molar-refractivity contribution is 4.76. The SMILES string of the molecule is C[C@@H](N)C1CCC(O)CC1. The zero-order chi connectivity index (χ0) is 7.56. The van der Waals surface area contributed by atoms with Crippen molar-refractivity contribution in [3.8, 4) is 0 Å². The fraction of sp³-hybridized carbons (Fsp3) is 1.00. The van der Waals surface area contributed by atoms with E-state index in [4.69, 9.17) is 10.8 Å². The Morgan fingerprint density at radius 3 is 2.20 bits per heavy atom. The van der Waals surface area contributed by atoms with Crippen LogP contribution in [0.15, 0.2) is 0 Å². The molecule has 3 N–H and O–H groups in total. The van der Waals surface area contributed by atoms with E-state index in [9.17, 15) is 0 Å². The molecule has 2 heteroatoms. The molecule has 0 aromatic rings. The maximum Gasteiger partial charge on any atom is 0.0540 e. The highest BCUT2D eigenvalue weighted by Gasteiger charge is 2.21. The number of hydrogen-bond acceptors (Lipinski definition) is 2. The number of rotatable bonds is 1. The molecule has 1 atom stereocenters. The van der Waals surface area contributed by atoms with Gasteiger partial charge in [-0.15, -0.1) is 0 Å². The number of hydrogen-bond donors (Lipinski definition) is 2. The lowest BCUT2D eigenvalue weighted by atomic mass is 9.84. The molecule has 0 heterocycles. The molecule has 0 bridgehead atoms. The maximum absolute atomic E-state index is 9.17. The van der Waals surface area contributed by atoms with Crippen molar-refractivity contribution in [3.63, 3.8) is 0 Å². The molecule has 0 spiro atoms. The predicted molar refractivity (Wildman–Crippen MR) is 41.6 cm³/mol. The molecule has 1 saturated carbocycles. The minimum Gasteiger partial charge on any atom is -0.393 e. The van der Waals surface area contributed by atoms with Gasteiger partial charge >= 0.3 is 0 Å². The van der Waals surface area contributed by atoms with E-state index in [2.05, 4.69) is 6.92 Å². The van der Waals surface area contributed by atoms with Crippen LogP contribution in [0.2, 0.25) is 0 Å². The molecule has 1 rings (SSSR count). The van der Waals surface area contributed by atoms with Gasteiger partial charge in [0.05, 0.1) is 6.10 Å². The Morgan fingerprint density at radius 2 is 1.80 bits per heavy atom. The minimum atomic E-state index is -0.0463.